The van der Waals surface area contributed by atoms with E-state index in [9.17, 15) is 0 Å². The first-order valence-electron chi connectivity index (χ1n) is 7.52. The van der Waals surface area contributed by atoms with Crippen LogP contribution in [0.25, 0.3) is 0 Å². The van der Waals surface area contributed by atoms with Crippen LogP contribution in [0.3, 0.4) is 0 Å². The lowest BCUT2D eigenvalue weighted by Gasteiger charge is -2.26. The number of rotatable bonds is 6. The molecular formula is C18H23BrN2. The Morgan fingerprint density at radius 1 is 1.14 bits per heavy atom. The third kappa shape index (κ3) is 4.14. The number of aryl methyl sites for hydroxylation is 1. The van der Waals surface area contributed by atoms with Crippen LogP contribution in [0.1, 0.15) is 48.9 Å². The lowest BCUT2D eigenvalue weighted by atomic mass is 9.88. The zero-order chi connectivity index (χ0) is 15.2. The van der Waals surface area contributed by atoms with Crippen molar-refractivity contribution in [3.63, 3.8) is 0 Å². The van der Waals surface area contributed by atoms with E-state index in [1.54, 1.807) is 0 Å². The molecule has 1 aromatic heterocycles. The van der Waals surface area contributed by atoms with Crippen LogP contribution in [0.15, 0.2) is 47.2 Å². The summed E-state index contributed by atoms with van der Waals surface area (Å²) in [5.74, 6) is 0.397. The van der Waals surface area contributed by atoms with Gasteiger partial charge in [0.15, 0.2) is 0 Å². The molecule has 0 aliphatic carbocycles. The van der Waals surface area contributed by atoms with Crippen molar-refractivity contribution < 1.29 is 0 Å². The van der Waals surface area contributed by atoms with Gasteiger partial charge in [0, 0.05) is 28.8 Å². The molecule has 3 heteroatoms. The number of hydrogen-bond acceptors (Lipinski definition) is 2. The summed E-state index contributed by atoms with van der Waals surface area (Å²) < 4.78 is 1.17. The van der Waals surface area contributed by atoms with Gasteiger partial charge in [0.1, 0.15) is 0 Å². The lowest BCUT2D eigenvalue weighted by Crippen LogP contribution is -2.26. The Balaban J connectivity index is 2.31. The molecule has 0 saturated carbocycles. The van der Waals surface area contributed by atoms with Crippen molar-refractivity contribution in [3.05, 3.63) is 63.9 Å². The maximum atomic E-state index is 4.12. The average Bonchev–Trinajstić information content (AvgIpc) is 2.51. The van der Waals surface area contributed by atoms with Crippen molar-refractivity contribution in [3.8, 4) is 0 Å². The van der Waals surface area contributed by atoms with Crippen molar-refractivity contribution in [1.82, 2.24) is 10.3 Å². The van der Waals surface area contributed by atoms with E-state index in [0.29, 0.717) is 12.0 Å². The lowest BCUT2D eigenvalue weighted by molar-refractivity contribution is 0.466. The number of pyridine rings is 1. The third-order valence-corrected chi connectivity index (χ3v) is 4.76. The molecule has 1 heterocycles. The van der Waals surface area contributed by atoms with E-state index in [1.165, 1.54) is 21.2 Å². The summed E-state index contributed by atoms with van der Waals surface area (Å²) in [6.07, 6.45) is 4.87. The summed E-state index contributed by atoms with van der Waals surface area (Å²) in [4.78, 5) is 4.12. The van der Waals surface area contributed by atoms with Gasteiger partial charge < -0.3 is 5.32 Å². The van der Waals surface area contributed by atoms with Gasteiger partial charge in [0.25, 0.3) is 0 Å². The van der Waals surface area contributed by atoms with Crippen LogP contribution in [0.4, 0.5) is 0 Å². The highest BCUT2D eigenvalue weighted by atomic mass is 79.9. The highest BCUT2D eigenvalue weighted by Gasteiger charge is 2.20. The molecule has 1 N–H and O–H groups in total. The predicted octanol–water partition coefficient (Wildman–Crippen LogP) is 5.00. The molecule has 112 valence electrons. The number of halogens is 1. The van der Waals surface area contributed by atoms with Gasteiger partial charge in [-0.05, 0) is 54.8 Å². The summed E-state index contributed by atoms with van der Waals surface area (Å²) in [5, 5.41) is 3.69. The monoisotopic (exact) mass is 346 g/mol. The quantitative estimate of drug-likeness (QED) is 0.796. The fourth-order valence-corrected chi connectivity index (χ4v) is 2.94. The molecule has 0 amide bonds. The van der Waals surface area contributed by atoms with E-state index in [-0.39, 0.29) is 0 Å². The zero-order valence-corrected chi connectivity index (χ0v) is 14.5. The molecule has 2 nitrogen and oxygen atoms in total. The smallest absolute Gasteiger partial charge is 0.0387 e. The molecular weight excluding hydrogens is 324 g/mol. The largest absolute Gasteiger partial charge is 0.309 e. The predicted molar refractivity (Wildman–Crippen MR) is 92.6 cm³/mol. The molecule has 0 saturated heterocycles. The molecule has 2 unspecified atom stereocenters. The van der Waals surface area contributed by atoms with Crippen LogP contribution >= 0.6 is 15.9 Å². The maximum absolute atomic E-state index is 4.12. The number of nitrogens with one attached hydrogen (secondary N) is 1. The highest BCUT2D eigenvalue weighted by molar-refractivity contribution is 9.10. The molecule has 0 bridgehead atoms. The van der Waals surface area contributed by atoms with Crippen molar-refractivity contribution in [1.29, 1.82) is 0 Å². The molecule has 0 spiro atoms. The summed E-state index contributed by atoms with van der Waals surface area (Å²) in [6.45, 7) is 7.61. The van der Waals surface area contributed by atoms with Gasteiger partial charge >= 0.3 is 0 Å². The minimum absolute atomic E-state index is 0.309. The molecule has 0 aliphatic heterocycles. The Labute approximate surface area is 136 Å². The van der Waals surface area contributed by atoms with Crippen LogP contribution in [0, 0.1) is 6.92 Å². The van der Waals surface area contributed by atoms with Gasteiger partial charge in [-0.3, -0.25) is 4.98 Å². The first kappa shape index (κ1) is 16.2. The molecule has 2 atom stereocenters. The Kier molecular flexibility index (Phi) is 5.95. The number of aromatic nitrogens is 1. The fourth-order valence-electron chi connectivity index (χ4n) is 2.55. The van der Waals surface area contributed by atoms with Crippen LogP contribution in [0.5, 0.6) is 0 Å². The van der Waals surface area contributed by atoms with Gasteiger partial charge in [0.05, 0.1) is 0 Å². The summed E-state index contributed by atoms with van der Waals surface area (Å²) in [7, 11) is 0. The van der Waals surface area contributed by atoms with Crippen LogP contribution in [0.2, 0.25) is 0 Å². The van der Waals surface area contributed by atoms with Gasteiger partial charge in [0.2, 0.25) is 0 Å². The topological polar surface area (TPSA) is 24.9 Å². The van der Waals surface area contributed by atoms with Gasteiger partial charge in [-0.25, -0.2) is 0 Å². The average molecular weight is 347 g/mol. The number of nitrogens with zero attached hydrogens (tertiary/aromatic N) is 1. The van der Waals surface area contributed by atoms with E-state index in [1.807, 2.05) is 12.4 Å². The maximum Gasteiger partial charge on any atom is 0.0387 e. The second kappa shape index (κ2) is 7.71. The van der Waals surface area contributed by atoms with Gasteiger partial charge in [-0.1, -0.05) is 41.9 Å². The SMILES string of the molecule is CCCNC(c1ccc(C)c(Br)c1)C(C)c1ccncc1. The van der Waals surface area contributed by atoms with E-state index < -0.39 is 0 Å². The van der Waals surface area contributed by atoms with Crippen LogP contribution in [-0.2, 0) is 0 Å². The fraction of sp³-hybridized carbons (Fsp3) is 0.389. The zero-order valence-electron chi connectivity index (χ0n) is 12.9. The molecule has 0 aliphatic rings. The van der Waals surface area contributed by atoms with E-state index in [0.717, 1.165) is 13.0 Å². The van der Waals surface area contributed by atoms with Crippen LogP contribution < -0.4 is 5.32 Å². The number of benzene rings is 1. The molecule has 2 rings (SSSR count). The molecule has 0 fully saturated rings. The van der Waals surface area contributed by atoms with Crippen molar-refractivity contribution >= 4 is 15.9 Å². The van der Waals surface area contributed by atoms with E-state index in [2.05, 4.69) is 77.3 Å². The molecule has 21 heavy (non-hydrogen) atoms. The molecule has 2 aromatic rings. The standard InChI is InChI=1S/C18H23BrN2/c1-4-9-21-18(14(3)15-7-10-20-11-8-15)16-6-5-13(2)17(19)12-16/h5-8,10-12,14,18,21H,4,9H2,1-3H3. The summed E-state index contributed by atoms with van der Waals surface area (Å²) in [6, 6.07) is 11.2. The van der Waals surface area contributed by atoms with Crippen molar-refractivity contribution in [2.24, 2.45) is 0 Å². The van der Waals surface area contributed by atoms with E-state index in [4.69, 9.17) is 0 Å². The van der Waals surface area contributed by atoms with Crippen molar-refractivity contribution in [2.75, 3.05) is 6.54 Å². The normalized spacial score (nSPS) is 13.9. The first-order valence-corrected chi connectivity index (χ1v) is 8.32. The number of hydrogen-bond donors (Lipinski definition) is 1. The summed E-state index contributed by atoms with van der Waals surface area (Å²) >= 11 is 3.65. The molecule has 0 radical (unpaired) electrons. The minimum Gasteiger partial charge on any atom is -0.309 e. The molecule has 1 aromatic carbocycles. The Morgan fingerprint density at radius 2 is 1.86 bits per heavy atom. The third-order valence-electron chi connectivity index (χ3n) is 3.90. The Hall–Kier alpha value is -1.19. The van der Waals surface area contributed by atoms with Crippen LogP contribution in [-0.4, -0.2) is 11.5 Å². The highest BCUT2D eigenvalue weighted by Crippen LogP contribution is 2.32. The second-order valence-electron chi connectivity index (χ2n) is 5.51. The Morgan fingerprint density at radius 3 is 2.48 bits per heavy atom. The second-order valence-corrected chi connectivity index (χ2v) is 6.36. The minimum atomic E-state index is 0.309. The van der Waals surface area contributed by atoms with Gasteiger partial charge in [-0.2, -0.15) is 0 Å². The first-order chi connectivity index (χ1) is 10.1. The summed E-state index contributed by atoms with van der Waals surface area (Å²) in [5.41, 5.74) is 3.91. The van der Waals surface area contributed by atoms with E-state index >= 15 is 0 Å². The Bertz CT molecular complexity index is 569. The van der Waals surface area contributed by atoms with Gasteiger partial charge in [-0.15, -0.1) is 0 Å². The van der Waals surface area contributed by atoms with Crippen molar-refractivity contribution in [2.45, 2.75) is 39.2 Å².